The SMILES string of the molecule is Cc1noc(C)c1CN1CCCCC1CNC1CC1. The van der Waals surface area contributed by atoms with E-state index in [1.807, 2.05) is 13.8 Å². The third kappa shape index (κ3) is 3.18. The Morgan fingerprint density at radius 1 is 1.26 bits per heavy atom. The van der Waals surface area contributed by atoms with Crippen molar-refractivity contribution in [2.75, 3.05) is 13.1 Å². The molecule has 1 saturated heterocycles. The van der Waals surface area contributed by atoms with Gasteiger partial charge in [0, 0.05) is 30.7 Å². The molecule has 1 aromatic rings. The standard InChI is InChI=1S/C15H25N3O/c1-11-15(12(2)19-17-11)10-18-8-4-3-5-14(18)9-16-13-6-7-13/h13-14,16H,3-10H2,1-2H3. The van der Waals surface area contributed by atoms with Gasteiger partial charge in [0.1, 0.15) is 5.76 Å². The number of hydrogen-bond donors (Lipinski definition) is 1. The predicted octanol–water partition coefficient (Wildman–Crippen LogP) is 2.40. The number of nitrogens with one attached hydrogen (secondary N) is 1. The monoisotopic (exact) mass is 263 g/mol. The lowest BCUT2D eigenvalue weighted by atomic mass is 10.0. The highest BCUT2D eigenvalue weighted by Gasteiger charge is 2.27. The van der Waals surface area contributed by atoms with Gasteiger partial charge in [0.05, 0.1) is 5.69 Å². The van der Waals surface area contributed by atoms with E-state index in [4.69, 9.17) is 4.52 Å². The number of aryl methyl sites for hydroxylation is 2. The molecule has 2 heterocycles. The molecule has 1 aliphatic heterocycles. The van der Waals surface area contributed by atoms with Gasteiger partial charge in [0.15, 0.2) is 0 Å². The third-order valence-corrected chi connectivity index (χ3v) is 4.51. The van der Waals surface area contributed by atoms with Crippen molar-refractivity contribution in [3.63, 3.8) is 0 Å². The van der Waals surface area contributed by atoms with Gasteiger partial charge < -0.3 is 9.84 Å². The van der Waals surface area contributed by atoms with Gasteiger partial charge in [-0.15, -0.1) is 0 Å². The van der Waals surface area contributed by atoms with E-state index >= 15 is 0 Å². The van der Waals surface area contributed by atoms with Gasteiger partial charge in [-0.05, 0) is 46.1 Å². The maximum atomic E-state index is 5.29. The molecule has 2 aliphatic rings. The van der Waals surface area contributed by atoms with Gasteiger partial charge in [-0.25, -0.2) is 0 Å². The van der Waals surface area contributed by atoms with Crippen molar-refractivity contribution >= 4 is 0 Å². The Morgan fingerprint density at radius 2 is 2.11 bits per heavy atom. The minimum absolute atomic E-state index is 0.683. The van der Waals surface area contributed by atoms with E-state index in [0.717, 1.165) is 30.6 Å². The number of nitrogens with zero attached hydrogens (tertiary/aromatic N) is 2. The topological polar surface area (TPSA) is 41.3 Å². The molecule has 0 amide bonds. The molecular weight excluding hydrogens is 238 g/mol. The maximum Gasteiger partial charge on any atom is 0.138 e. The van der Waals surface area contributed by atoms with Crippen LogP contribution in [0.1, 0.15) is 49.1 Å². The number of hydrogen-bond acceptors (Lipinski definition) is 4. The molecule has 1 atom stereocenters. The summed E-state index contributed by atoms with van der Waals surface area (Å²) in [6, 6.07) is 1.49. The van der Waals surface area contributed by atoms with Gasteiger partial charge in [-0.3, -0.25) is 4.90 Å². The van der Waals surface area contributed by atoms with Crippen molar-refractivity contribution < 1.29 is 4.52 Å². The summed E-state index contributed by atoms with van der Waals surface area (Å²) in [5.41, 5.74) is 2.34. The zero-order valence-corrected chi connectivity index (χ0v) is 12.1. The van der Waals surface area contributed by atoms with Crippen LogP contribution in [-0.2, 0) is 6.54 Å². The number of piperidine rings is 1. The predicted molar refractivity (Wildman–Crippen MR) is 75.1 cm³/mol. The van der Waals surface area contributed by atoms with Gasteiger partial charge in [0.25, 0.3) is 0 Å². The third-order valence-electron chi connectivity index (χ3n) is 4.51. The lowest BCUT2D eigenvalue weighted by Gasteiger charge is -2.36. The summed E-state index contributed by atoms with van der Waals surface area (Å²) in [7, 11) is 0. The number of rotatable bonds is 5. The summed E-state index contributed by atoms with van der Waals surface area (Å²) in [6.07, 6.45) is 6.76. The van der Waals surface area contributed by atoms with Crippen LogP contribution in [0.25, 0.3) is 0 Å². The molecule has 4 heteroatoms. The van der Waals surface area contributed by atoms with E-state index in [2.05, 4.69) is 15.4 Å². The first kappa shape index (κ1) is 13.1. The van der Waals surface area contributed by atoms with Crippen LogP contribution in [0.2, 0.25) is 0 Å². The van der Waals surface area contributed by atoms with Crippen LogP contribution in [0.4, 0.5) is 0 Å². The molecule has 3 rings (SSSR count). The summed E-state index contributed by atoms with van der Waals surface area (Å²) in [5, 5.41) is 7.76. The van der Waals surface area contributed by atoms with Crippen LogP contribution in [-0.4, -0.2) is 35.2 Å². The smallest absolute Gasteiger partial charge is 0.138 e. The second-order valence-electron chi connectivity index (χ2n) is 6.11. The van der Waals surface area contributed by atoms with Crippen LogP contribution in [0.15, 0.2) is 4.52 Å². The molecule has 4 nitrogen and oxygen atoms in total. The van der Waals surface area contributed by atoms with Crippen LogP contribution in [0.5, 0.6) is 0 Å². The molecule has 1 saturated carbocycles. The zero-order valence-electron chi connectivity index (χ0n) is 12.1. The largest absolute Gasteiger partial charge is 0.361 e. The maximum absolute atomic E-state index is 5.29. The second kappa shape index (κ2) is 5.63. The Labute approximate surface area is 115 Å². The molecule has 0 spiro atoms. The van der Waals surface area contributed by atoms with Crippen LogP contribution in [0.3, 0.4) is 0 Å². The summed E-state index contributed by atoms with van der Waals surface area (Å²) < 4.78 is 5.29. The van der Waals surface area contributed by atoms with Gasteiger partial charge in [-0.2, -0.15) is 0 Å². The molecule has 19 heavy (non-hydrogen) atoms. The fraction of sp³-hybridized carbons (Fsp3) is 0.800. The fourth-order valence-corrected chi connectivity index (χ4v) is 3.02. The normalized spacial score (nSPS) is 24.8. The van der Waals surface area contributed by atoms with Crippen LogP contribution < -0.4 is 5.32 Å². The van der Waals surface area contributed by atoms with Crippen molar-refractivity contribution in [1.29, 1.82) is 0 Å². The highest BCUT2D eigenvalue weighted by Crippen LogP contribution is 2.24. The highest BCUT2D eigenvalue weighted by atomic mass is 16.5. The molecule has 0 bridgehead atoms. The van der Waals surface area contributed by atoms with Crippen LogP contribution in [0, 0.1) is 13.8 Å². The molecule has 0 aromatic carbocycles. The molecule has 1 aromatic heterocycles. The number of aromatic nitrogens is 1. The van der Waals surface area contributed by atoms with Crippen molar-refractivity contribution in [3.05, 3.63) is 17.0 Å². The summed E-state index contributed by atoms with van der Waals surface area (Å²) in [4.78, 5) is 2.62. The Balaban J connectivity index is 1.62. The summed E-state index contributed by atoms with van der Waals surface area (Å²) in [5.74, 6) is 0.983. The average molecular weight is 263 g/mol. The van der Waals surface area contributed by atoms with Gasteiger partial charge >= 0.3 is 0 Å². The van der Waals surface area contributed by atoms with Crippen molar-refractivity contribution in [1.82, 2.24) is 15.4 Å². The van der Waals surface area contributed by atoms with E-state index in [1.54, 1.807) is 0 Å². The lowest BCUT2D eigenvalue weighted by Crippen LogP contribution is -2.45. The molecular formula is C15H25N3O. The van der Waals surface area contributed by atoms with Crippen molar-refractivity contribution in [3.8, 4) is 0 Å². The summed E-state index contributed by atoms with van der Waals surface area (Å²) in [6.45, 7) is 7.43. The average Bonchev–Trinajstić information content (AvgIpc) is 3.19. The lowest BCUT2D eigenvalue weighted by molar-refractivity contribution is 0.136. The quantitative estimate of drug-likeness (QED) is 0.885. The molecule has 106 valence electrons. The molecule has 1 aliphatic carbocycles. The Bertz CT molecular complexity index is 406. The van der Waals surface area contributed by atoms with Gasteiger partial charge in [0.2, 0.25) is 0 Å². The molecule has 2 fully saturated rings. The zero-order chi connectivity index (χ0) is 13.2. The minimum Gasteiger partial charge on any atom is -0.361 e. The van der Waals surface area contributed by atoms with E-state index in [-0.39, 0.29) is 0 Å². The molecule has 1 N–H and O–H groups in total. The molecule has 0 radical (unpaired) electrons. The minimum atomic E-state index is 0.683. The first-order valence-electron chi connectivity index (χ1n) is 7.63. The van der Waals surface area contributed by atoms with E-state index < -0.39 is 0 Å². The van der Waals surface area contributed by atoms with E-state index in [9.17, 15) is 0 Å². The Hall–Kier alpha value is -0.870. The van der Waals surface area contributed by atoms with E-state index in [1.165, 1.54) is 44.2 Å². The van der Waals surface area contributed by atoms with E-state index in [0.29, 0.717) is 6.04 Å². The second-order valence-corrected chi connectivity index (χ2v) is 6.11. The van der Waals surface area contributed by atoms with Crippen molar-refractivity contribution in [2.24, 2.45) is 0 Å². The highest BCUT2D eigenvalue weighted by molar-refractivity contribution is 5.20. The van der Waals surface area contributed by atoms with Crippen LogP contribution >= 0.6 is 0 Å². The fourth-order valence-electron chi connectivity index (χ4n) is 3.02. The first-order chi connectivity index (χ1) is 9.24. The van der Waals surface area contributed by atoms with Gasteiger partial charge in [-0.1, -0.05) is 11.6 Å². The number of likely N-dealkylation sites (tertiary alicyclic amines) is 1. The molecule has 1 unspecified atom stereocenters. The van der Waals surface area contributed by atoms with Crippen molar-refractivity contribution in [2.45, 2.75) is 64.6 Å². The Kier molecular flexibility index (Phi) is 3.89. The first-order valence-corrected chi connectivity index (χ1v) is 7.63. The summed E-state index contributed by atoms with van der Waals surface area (Å²) >= 11 is 0. The Morgan fingerprint density at radius 3 is 2.79 bits per heavy atom.